The number of hydrogen-bond donors (Lipinski definition) is 1. The number of carbonyl (C=O) groups excluding carboxylic acids is 1. The van der Waals surface area contributed by atoms with Crippen LogP contribution < -0.4 is 0 Å². The van der Waals surface area contributed by atoms with Crippen LogP contribution >= 0.6 is 0 Å². The second kappa shape index (κ2) is 5.78. The van der Waals surface area contributed by atoms with Gasteiger partial charge < -0.3 is 9.84 Å². The van der Waals surface area contributed by atoms with Crippen molar-refractivity contribution in [1.29, 1.82) is 0 Å². The van der Waals surface area contributed by atoms with Gasteiger partial charge in [-0.2, -0.15) is 0 Å². The molecule has 104 valence electrons. The molecule has 1 N–H and O–H groups in total. The molecule has 0 aliphatic heterocycles. The Balaban J connectivity index is 2.05. The van der Waals surface area contributed by atoms with Crippen molar-refractivity contribution in [3.05, 3.63) is 65.7 Å². The second-order valence-electron chi connectivity index (χ2n) is 5.23. The fourth-order valence-electron chi connectivity index (χ4n) is 1.90. The Hall–Kier alpha value is -2.29. The van der Waals surface area contributed by atoms with E-state index in [1.165, 1.54) is 0 Å². The van der Waals surface area contributed by atoms with E-state index in [-0.39, 0.29) is 18.3 Å². The van der Waals surface area contributed by atoms with Gasteiger partial charge in [-0.25, -0.2) is 0 Å². The van der Waals surface area contributed by atoms with Gasteiger partial charge in [0.25, 0.3) is 0 Å². The van der Waals surface area contributed by atoms with Crippen molar-refractivity contribution in [2.24, 2.45) is 0 Å². The average molecular weight is 270 g/mol. The smallest absolute Gasteiger partial charge is 0.316 e. The molecule has 0 unspecified atom stereocenters. The topological polar surface area (TPSA) is 46.5 Å². The molecule has 0 saturated heterocycles. The molecular weight excluding hydrogens is 252 g/mol. The highest BCUT2D eigenvalue weighted by atomic mass is 16.5. The zero-order valence-electron chi connectivity index (χ0n) is 11.7. The molecule has 0 atom stereocenters. The molecule has 0 aliphatic rings. The summed E-state index contributed by atoms with van der Waals surface area (Å²) in [5, 5.41) is 9.30. The van der Waals surface area contributed by atoms with Gasteiger partial charge in [0.1, 0.15) is 12.4 Å². The number of hydrogen-bond acceptors (Lipinski definition) is 3. The van der Waals surface area contributed by atoms with Gasteiger partial charge in [0, 0.05) is 0 Å². The zero-order valence-corrected chi connectivity index (χ0v) is 11.7. The minimum absolute atomic E-state index is 0.183. The summed E-state index contributed by atoms with van der Waals surface area (Å²) >= 11 is 0. The minimum Gasteiger partial charge on any atom is -0.508 e. The number of phenols is 1. The van der Waals surface area contributed by atoms with Crippen LogP contribution in [-0.4, -0.2) is 11.1 Å². The van der Waals surface area contributed by atoms with E-state index in [1.54, 1.807) is 24.3 Å². The molecule has 0 aromatic heterocycles. The molecule has 0 spiro atoms. The molecule has 2 aromatic rings. The first-order chi connectivity index (χ1) is 9.50. The predicted molar refractivity (Wildman–Crippen MR) is 77.4 cm³/mol. The number of phenolic OH excluding ortho intramolecular Hbond substituents is 1. The van der Waals surface area contributed by atoms with Crippen LogP contribution in [0.5, 0.6) is 5.75 Å². The van der Waals surface area contributed by atoms with Gasteiger partial charge in [-0.1, -0.05) is 42.5 Å². The molecule has 2 aromatic carbocycles. The summed E-state index contributed by atoms with van der Waals surface area (Å²) in [5.74, 6) is -0.103. The van der Waals surface area contributed by atoms with E-state index in [9.17, 15) is 9.90 Å². The Bertz CT molecular complexity index is 571. The van der Waals surface area contributed by atoms with Crippen LogP contribution in [0.2, 0.25) is 0 Å². The number of rotatable bonds is 4. The van der Waals surface area contributed by atoms with Crippen LogP contribution in [0.15, 0.2) is 54.6 Å². The molecule has 0 saturated carbocycles. The summed E-state index contributed by atoms with van der Waals surface area (Å²) in [5.41, 5.74) is 1.03. The molecule has 3 nitrogen and oxygen atoms in total. The molecule has 0 aliphatic carbocycles. The first kappa shape index (κ1) is 14.1. The predicted octanol–water partition coefficient (Wildman–Crippen LogP) is 3.41. The Morgan fingerprint density at radius 2 is 1.65 bits per heavy atom. The van der Waals surface area contributed by atoms with E-state index in [1.807, 2.05) is 44.2 Å². The lowest BCUT2D eigenvalue weighted by Gasteiger charge is -2.23. The van der Waals surface area contributed by atoms with Crippen molar-refractivity contribution in [2.45, 2.75) is 25.9 Å². The third-order valence-electron chi connectivity index (χ3n) is 3.31. The molecule has 0 heterocycles. The Morgan fingerprint density at radius 1 is 1.05 bits per heavy atom. The van der Waals surface area contributed by atoms with E-state index in [4.69, 9.17) is 4.74 Å². The van der Waals surface area contributed by atoms with Gasteiger partial charge in [0.05, 0.1) is 5.41 Å². The van der Waals surface area contributed by atoms with Crippen LogP contribution in [-0.2, 0) is 21.6 Å². The van der Waals surface area contributed by atoms with E-state index < -0.39 is 5.41 Å². The Labute approximate surface area is 118 Å². The van der Waals surface area contributed by atoms with Crippen molar-refractivity contribution >= 4 is 5.97 Å². The lowest BCUT2D eigenvalue weighted by molar-refractivity contribution is -0.150. The lowest BCUT2D eigenvalue weighted by atomic mass is 9.85. The van der Waals surface area contributed by atoms with Gasteiger partial charge in [-0.15, -0.1) is 0 Å². The summed E-state index contributed by atoms with van der Waals surface area (Å²) in [6.45, 7) is 3.89. The first-order valence-electron chi connectivity index (χ1n) is 6.51. The van der Waals surface area contributed by atoms with E-state index in [0.717, 1.165) is 11.1 Å². The number of esters is 1. The standard InChI is InChI=1S/C17H18O3/c1-17(2,14-8-10-15(18)11-9-14)16(19)20-12-13-6-4-3-5-7-13/h3-11,18H,12H2,1-2H3. The Morgan fingerprint density at radius 3 is 2.25 bits per heavy atom. The van der Waals surface area contributed by atoms with Crippen molar-refractivity contribution in [2.75, 3.05) is 0 Å². The van der Waals surface area contributed by atoms with E-state index >= 15 is 0 Å². The summed E-state index contributed by atoms with van der Waals surface area (Å²) in [4.78, 5) is 12.2. The largest absolute Gasteiger partial charge is 0.508 e. The third kappa shape index (κ3) is 3.18. The number of carbonyl (C=O) groups is 1. The van der Waals surface area contributed by atoms with Gasteiger partial charge in [-0.05, 0) is 37.1 Å². The van der Waals surface area contributed by atoms with Gasteiger partial charge in [0.2, 0.25) is 0 Å². The molecule has 0 amide bonds. The molecule has 0 radical (unpaired) electrons. The maximum Gasteiger partial charge on any atom is 0.316 e. The number of ether oxygens (including phenoxy) is 1. The van der Waals surface area contributed by atoms with Crippen LogP contribution in [0.3, 0.4) is 0 Å². The van der Waals surface area contributed by atoms with Crippen molar-refractivity contribution in [1.82, 2.24) is 0 Å². The van der Waals surface area contributed by atoms with Crippen molar-refractivity contribution in [3.8, 4) is 5.75 Å². The first-order valence-corrected chi connectivity index (χ1v) is 6.51. The normalized spacial score (nSPS) is 11.1. The summed E-state index contributed by atoms with van der Waals surface area (Å²) in [7, 11) is 0. The second-order valence-corrected chi connectivity index (χ2v) is 5.23. The highest BCUT2D eigenvalue weighted by Crippen LogP contribution is 2.26. The van der Waals surface area contributed by atoms with E-state index in [2.05, 4.69) is 0 Å². The molecule has 20 heavy (non-hydrogen) atoms. The van der Waals surface area contributed by atoms with Crippen LogP contribution in [0.25, 0.3) is 0 Å². The van der Waals surface area contributed by atoms with Crippen LogP contribution in [0.1, 0.15) is 25.0 Å². The van der Waals surface area contributed by atoms with E-state index in [0.29, 0.717) is 0 Å². The molecule has 3 heteroatoms. The highest BCUT2D eigenvalue weighted by Gasteiger charge is 2.31. The molecular formula is C17H18O3. The van der Waals surface area contributed by atoms with Crippen LogP contribution in [0, 0.1) is 0 Å². The van der Waals surface area contributed by atoms with Crippen molar-refractivity contribution in [3.63, 3.8) is 0 Å². The quantitative estimate of drug-likeness (QED) is 0.866. The zero-order chi connectivity index (χ0) is 14.6. The molecule has 0 fully saturated rings. The fraction of sp³-hybridized carbons (Fsp3) is 0.235. The Kier molecular flexibility index (Phi) is 4.08. The lowest BCUT2D eigenvalue weighted by Crippen LogP contribution is -2.30. The van der Waals surface area contributed by atoms with Crippen LogP contribution in [0.4, 0.5) is 0 Å². The summed E-state index contributed by atoms with van der Waals surface area (Å²) in [6.07, 6.45) is 0. The number of benzene rings is 2. The average Bonchev–Trinajstić information content (AvgIpc) is 2.46. The molecule has 0 bridgehead atoms. The summed E-state index contributed by atoms with van der Waals surface area (Å²) < 4.78 is 5.38. The SMILES string of the molecule is CC(C)(C(=O)OCc1ccccc1)c1ccc(O)cc1. The maximum absolute atomic E-state index is 12.2. The maximum atomic E-state index is 12.2. The number of aromatic hydroxyl groups is 1. The van der Waals surface area contributed by atoms with Gasteiger partial charge >= 0.3 is 5.97 Å². The van der Waals surface area contributed by atoms with Gasteiger partial charge in [-0.3, -0.25) is 4.79 Å². The molecule has 2 rings (SSSR count). The minimum atomic E-state index is -0.748. The van der Waals surface area contributed by atoms with Crippen molar-refractivity contribution < 1.29 is 14.6 Å². The third-order valence-corrected chi connectivity index (χ3v) is 3.31. The van der Waals surface area contributed by atoms with Gasteiger partial charge in [0.15, 0.2) is 0 Å². The monoisotopic (exact) mass is 270 g/mol. The fourth-order valence-corrected chi connectivity index (χ4v) is 1.90. The highest BCUT2D eigenvalue weighted by molar-refractivity contribution is 5.82. The summed E-state index contributed by atoms with van der Waals surface area (Å²) in [6, 6.07) is 16.2.